The molecule has 0 bridgehead atoms. The Bertz CT molecular complexity index is 738. The summed E-state index contributed by atoms with van der Waals surface area (Å²) < 4.78 is 5.90. The number of carbonyl (C=O) groups excluding carboxylic acids is 1. The standard InChI is InChI=1S/C20H26N2O2/c1-12(2)16-8-6-14(4)19(10-16)24-15(5)20(23)22-18-11-17(21)9-7-13(18)3/h6-12,15H,21H2,1-5H3,(H,22,23). The Morgan fingerprint density at radius 3 is 2.38 bits per heavy atom. The van der Waals surface area contributed by atoms with Crippen LogP contribution in [0.1, 0.15) is 43.4 Å². The number of nitrogens with two attached hydrogens (primary N) is 1. The Kier molecular flexibility index (Phi) is 5.50. The number of nitrogens with one attached hydrogen (secondary N) is 1. The van der Waals surface area contributed by atoms with Crippen LogP contribution in [0.2, 0.25) is 0 Å². The van der Waals surface area contributed by atoms with Gasteiger partial charge < -0.3 is 15.8 Å². The van der Waals surface area contributed by atoms with Gasteiger partial charge in [0.15, 0.2) is 6.10 Å². The van der Waals surface area contributed by atoms with Gasteiger partial charge in [0.2, 0.25) is 0 Å². The van der Waals surface area contributed by atoms with Crippen molar-refractivity contribution in [2.24, 2.45) is 0 Å². The van der Waals surface area contributed by atoms with Crippen molar-refractivity contribution in [2.75, 3.05) is 11.1 Å². The minimum atomic E-state index is -0.605. The van der Waals surface area contributed by atoms with Crippen molar-refractivity contribution in [1.29, 1.82) is 0 Å². The Balaban J connectivity index is 2.12. The smallest absolute Gasteiger partial charge is 0.265 e. The molecule has 3 N–H and O–H groups in total. The maximum Gasteiger partial charge on any atom is 0.265 e. The molecule has 0 saturated heterocycles. The number of nitrogen functional groups attached to an aromatic ring is 1. The second-order valence-electron chi connectivity index (χ2n) is 6.50. The summed E-state index contributed by atoms with van der Waals surface area (Å²) in [6.07, 6.45) is -0.605. The highest BCUT2D eigenvalue weighted by atomic mass is 16.5. The summed E-state index contributed by atoms with van der Waals surface area (Å²) in [6, 6.07) is 11.6. The summed E-state index contributed by atoms with van der Waals surface area (Å²) >= 11 is 0. The molecule has 128 valence electrons. The molecule has 0 aliphatic heterocycles. The topological polar surface area (TPSA) is 64.3 Å². The van der Waals surface area contributed by atoms with Crippen molar-refractivity contribution in [3.8, 4) is 5.75 Å². The van der Waals surface area contributed by atoms with Gasteiger partial charge in [0.1, 0.15) is 5.75 Å². The number of carbonyl (C=O) groups is 1. The Hall–Kier alpha value is -2.49. The molecule has 2 aromatic rings. The number of amides is 1. The van der Waals surface area contributed by atoms with Crippen molar-refractivity contribution >= 4 is 17.3 Å². The largest absolute Gasteiger partial charge is 0.481 e. The molecule has 0 saturated carbocycles. The second kappa shape index (κ2) is 7.39. The fourth-order valence-electron chi connectivity index (χ4n) is 2.36. The molecule has 1 atom stereocenters. The quantitative estimate of drug-likeness (QED) is 0.800. The number of hydrogen-bond donors (Lipinski definition) is 2. The summed E-state index contributed by atoms with van der Waals surface area (Å²) in [6.45, 7) is 9.92. The zero-order chi connectivity index (χ0) is 17.9. The summed E-state index contributed by atoms with van der Waals surface area (Å²) in [4.78, 5) is 12.4. The third-order valence-corrected chi connectivity index (χ3v) is 4.07. The third-order valence-electron chi connectivity index (χ3n) is 4.07. The summed E-state index contributed by atoms with van der Waals surface area (Å²) in [5.74, 6) is 0.957. The number of benzene rings is 2. The van der Waals surface area contributed by atoms with Gasteiger partial charge in [-0.15, -0.1) is 0 Å². The minimum Gasteiger partial charge on any atom is -0.481 e. The van der Waals surface area contributed by atoms with Crippen LogP contribution in [0.25, 0.3) is 0 Å². The van der Waals surface area contributed by atoms with E-state index in [0.29, 0.717) is 17.3 Å². The van der Waals surface area contributed by atoms with E-state index < -0.39 is 6.10 Å². The maximum atomic E-state index is 12.4. The minimum absolute atomic E-state index is 0.196. The lowest BCUT2D eigenvalue weighted by Crippen LogP contribution is -2.30. The maximum absolute atomic E-state index is 12.4. The fraction of sp³-hybridized carbons (Fsp3) is 0.350. The molecule has 1 amide bonds. The molecule has 0 aliphatic rings. The summed E-state index contributed by atoms with van der Waals surface area (Å²) in [5, 5.41) is 2.88. The monoisotopic (exact) mass is 326 g/mol. The van der Waals surface area contributed by atoms with Crippen molar-refractivity contribution in [2.45, 2.75) is 46.6 Å². The fourth-order valence-corrected chi connectivity index (χ4v) is 2.36. The van der Waals surface area contributed by atoms with Crippen LogP contribution >= 0.6 is 0 Å². The third kappa shape index (κ3) is 4.28. The lowest BCUT2D eigenvalue weighted by atomic mass is 10.0. The van der Waals surface area contributed by atoms with E-state index in [9.17, 15) is 4.79 Å². The van der Waals surface area contributed by atoms with E-state index in [-0.39, 0.29) is 5.91 Å². The van der Waals surface area contributed by atoms with Crippen LogP contribution in [-0.2, 0) is 4.79 Å². The molecular formula is C20H26N2O2. The molecule has 24 heavy (non-hydrogen) atoms. The summed E-state index contributed by atoms with van der Waals surface area (Å²) in [7, 11) is 0. The number of ether oxygens (including phenoxy) is 1. The van der Waals surface area contributed by atoms with Crippen molar-refractivity contribution in [1.82, 2.24) is 0 Å². The second-order valence-corrected chi connectivity index (χ2v) is 6.50. The molecule has 0 fully saturated rings. The molecule has 0 heterocycles. The van der Waals surface area contributed by atoms with Gasteiger partial charge in [-0.25, -0.2) is 0 Å². The van der Waals surface area contributed by atoms with Gasteiger partial charge in [-0.1, -0.05) is 32.0 Å². The van der Waals surface area contributed by atoms with Crippen molar-refractivity contribution < 1.29 is 9.53 Å². The molecule has 0 radical (unpaired) electrons. The predicted molar refractivity (Wildman–Crippen MR) is 99.6 cm³/mol. The van der Waals surface area contributed by atoms with Crippen LogP contribution in [0, 0.1) is 13.8 Å². The lowest BCUT2D eigenvalue weighted by Gasteiger charge is -2.18. The molecule has 1 unspecified atom stereocenters. The summed E-state index contributed by atoms with van der Waals surface area (Å²) in [5.41, 5.74) is 10.3. The molecular weight excluding hydrogens is 300 g/mol. The molecule has 0 aromatic heterocycles. The normalized spacial score (nSPS) is 12.1. The highest BCUT2D eigenvalue weighted by Crippen LogP contribution is 2.25. The molecule has 2 aromatic carbocycles. The van der Waals surface area contributed by atoms with Crippen LogP contribution in [0.3, 0.4) is 0 Å². The highest BCUT2D eigenvalue weighted by Gasteiger charge is 2.17. The van der Waals surface area contributed by atoms with Crippen LogP contribution in [-0.4, -0.2) is 12.0 Å². The van der Waals surface area contributed by atoms with E-state index in [4.69, 9.17) is 10.5 Å². The van der Waals surface area contributed by atoms with E-state index in [0.717, 1.165) is 16.9 Å². The van der Waals surface area contributed by atoms with Crippen molar-refractivity contribution in [3.63, 3.8) is 0 Å². The molecule has 4 nitrogen and oxygen atoms in total. The van der Waals surface area contributed by atoms with E-state index in [1.165, 1.54) is 5.56 Å². The average molecular weight is 326 g/mol. The zero-order valence-electron chi connectivity index (χ0n) is 15.0. The lowest BCUT2D eigenvalue weighted by molar-refractivity contribution is -0.122. The van der Waals surface area contributed by atoms with E-state index in [1.807, 2.05) is 38.1 Å². The van der Waals surface area contributed by atoms with Crippen LogP contribution in [0.15, 0.2) is 36.4 Å². The first kappa shape index (κ1) is 17.9. The van der Waals surface area contributed by atoms with Crippen molar-refractivity contribution in [3.05, 3.63) is 53.1 Å². The van der Waals surface area contributed by atoms with E-state index >= 15 is 0 Å². The van der Waals surface area contributed by atoms with Crippen LogP contribution < -0.4 is 15.8 Å². The van der Waals surface area contributed by atoms with Crippen LogP contribution in [0.5, 0.6) is 5.75 Å². The average Bonchev–Trinajstić information content (AvgIpc) is 2.52. The molecule has 4 heteroatoms. The van der Waals surface area contributed by atoms with Gasteiger partial charge in [0, 0.05) is 11.4 Å². The van der Waals surface area contributed by atoms with E-state index in [1.54, 1.807) is 13.0 Å². The Morgan fingerprint density at radius 1 is 1.04 bits per heavy atom. The Morgan fingerprint density at radius 2 is 1.71 bits per heavy atom. The van der Waals surface area contributed by atoms with Crippen LogP contribution in [0.4, 0.5) is 11.4 Å². The SMILES string of the molecule is Cc1ccc(N)cc1NC(=O)C(C)Oc1cc(C(C)C)ccc1C. The van der Waals surface area contributed by atoms with Gasteiger partial charge in [0.25, 0.3) is 5.91 Å². The van der Waals surface area contributed by atoms with E-state index in [2.05, 4.69) is 25.2 Å². The van der Waals surface area contributed by atoms with Gasteiger partial charge in [-0.3, -0.25) is 4.79 Å². The first-order chi connectivity index (χ1) is 11.3. The van der Waals surface area contributed by atoms with Gasteiger partial charge in [-0.2, -0.15) is 0 Å². The zero-order valence-corrected chi connectivity index (χ0v) is 15.0. The van der Waals surface area contributed by atoms with Gasteiger partial charge in [-0.05, 0) is 61.6 Å². The Labute approximate surface area is 144 Å². The van der Waals surface area contributed by atoms with Gasteiger partial charge >= 0.3 is 0 Å². The molecule has 0 spiro atoms. The first-order valence-corrected chi connectivity index (χ1v) is 8.22. The first-order valence-electron chi connectivity index (χ1n) is 8.22. The highest BCUT2D eigenvalue weighted by molar-refractivity contribution is 5.95. The van der Waals surface area contributed by atoms with Gasteiger partial charge in [0.05, 0.1) is 0 Å². The molecule has 2 rings (SSSR count). The predicted octanol–water partition coefficient (Wildman–Crippen LogP) is 4.42. The molecule has 0 aliphatic carbocycles. The number of aryl methyl sites for hydroxylation is 2. The number of hydrogen-bond acceptors (Lipinski definition) is 3. The number of anilines is 2. The number of rotatable bonds is 5.